The van der Waals surface area contributed by atoms with Crippen molar-refractivity contribution in [2.24, 2.45) is 5.10 Å². The third-order valence-corrected chi connectivity index (χ3v) is 5.31. The normalized spacial score (nSPS) is 11.0. The number of H-pyrrole nitrogens is 1. The largest absolute Gasteiger partial charge is 0.311 e. The smallest absolute Gasteiger partial charge is 0.216 e. The van der Waals surface area contributed by atoms with E-state index in [-0.39, 0.29) is 0 Å². The summed E-state index contributed by atoms with van der Waals surface area (Å²) >= 11 is 5.35. The van der Waals surface area contributed by atoms with E-state index in [0.717, 1.165) is 22.6 Å². The molecule has 0 fully saturated rings. The summed E-state index contributed by atoms with van der Waals surface area (Å²) in [6, 6.07) is 34.4. The summed E-state index contributed by atoms with van der Waals surface area (Å²) in [6.07, 6.45) is 3.47. The monoisotopic (exact) mass is 448 g/mol. The molecule has 0 aliphatic carbocycles. The molecule has 0 atom stereocenters. The van der Waals surface area contributed by atoms with E-state index >= 15 is 0 Å². The molecular formula is C26H20N6S. The molecule has 1 N–H and O–H groups in total. The van der Waals surface area contributed by atoms with Crippen LogP contribution in [0, 0.1) is 4.77 Å². The van der Waals surface area contributed by atoms with Gasteiger partial charge >= 0.3 is 0 Å². The molecule has 0 unspecified atom stereocenters. The van der Waals surface area contributed by atoms with Crippen molar-refractivity contribution in [3.8, 4) is 11.5 Å². The molecule has 5 rings (SSSR count). The zero-order valence-electron chi connectivity index (χ0n) is 17.6. The summed E-state index contributed by atoms with van der Waals surface area (Å²) in [5.41, 5.74) is 4.87. The van der Waals surface area contributed by atoms with Crippen LogP contribution in [0.25, 0.3) is 11.5 Å². The molecule has 33 heavy (non-hydrogen) atoms. The van der Waals surface area contributed by atoms with Gasteiger partial charge in [0.1, 0.15) is 5.69 Å². The van der Waals surface area contributed by atoms with E-state index in [1.807, 2.05) is 66.7 Å². The lowest BCUT2D eigenvalue weighted by atomic mass is 10.1. The maximum Gasteiger partial charge on any atom is 0.216 e. The van der Waals surface area contributed by atoms with Crippen LogP contribution in [-0.4, -0.2) is 26.1 Å². The molecule has 160 valence electrons. The Balaban J connectivity index is 1.45. The SMILES string of the molecule is S=c1[nH]nc(-c2ccccn2)n1/N=C/c1ccc(N(c2ccccc2)c2ccccc2)cc1. The van der Waals surface area contributed by atoms with Gasteiger partial charge in [-0.25, -0.2) is 5.10 Å². The lowest BCUT2D eigenvalue weighted by molar-refractivity contribution is 0.867. The Morgan fingerprint density at radius 3 is 1.97 bits per heavy atom. The summed E-state index contributed by atoms with van der Waals surface area (Å²) in [5, 5.41) is 11.6. The minimum atomic E-state index is 0.405. The van der Waals surface area contributed by atoms with Gasteiger partial charge < -0.3 is 4.90 Å². The Morgan fingerprint density at radius 1 is 0.758 bits per heavy atom. The number of aromatic amines is 1. The number of para-hydroxylation sites is 2. The number of pyridine rings is 1. The van der Waals surface area contributed by atoms with Crippen LogP contribution in [0.5, 0.6) is 0 Å². The minimum absolute atomic E-state index is 0.405. The van der Waals surface area contributed by atoms with E-state index in [1.54, 1.807) is 17.1 Å². The second kappa shape index (κ2) is 9.42. The van der Waals surface area contributed by atoms with Crippen molar-refractivity contribution in [1.29, 1.82) is 0 Å². The molecule has 2 heterocycles. The number of rotatable bonds is 6. The zero-order chi connectivity index (χ0) is 22.5. The Labute approximate surface area is 196 Å². The quantitative estimate of drug-likeness (QED) is 0.243. The van der Waals surface area contributed by atoms with E-state index in [4.69, 9.17) is 12.2 Å². The Kier molecular flexibility index (Phi) is 5.86. The molecular weight excluding hydrogens is 428 g/mol. The maximum absolute atomic E-state index is 5.35. The van der Waals surface area contributed by atoms with Gasteiger partial charge in [-0.3, -0.25) is 4.98 Å². The highest BCUT2D eigenvalue weighted by Crippen LogP contribution is 2.33. The molecule has 2 aromatic heterocycles. The summed E-state index contributed by atoms with van der Waals surface area (Å²) in [6.45, 7) is 0. The van der Waals surface area contributed by atoms with Crippen molar-refractivity contribution in [3.05, 3.63) is 120 Å². The molecule has 7 heteroatoms. The maximum atomic E-state index is 5.35. The zero-order valence-corrected chi connectivity index (χ0v) is 18.4. The summed E-state index contributed by atoms with van der Waals surface area (Å²) in [5.74, 6) is 0.563. The Morgan fingerprint density at radius 2 is 1.36 bits per heavy atom. The first kappa shape index (κ1) is 20.5. The predicted molar refractivity (Wildman–Crippen MR) is 135 cm³/mol. The highest BCUT2D eigenvalue weighted by atomic mass is 32.1. The van der Waals surface area contributed by atoms with Gasteiger partial charge in [0.15, 0.2) is 0 Å². The number of aromatic nitrogens is 4. The van der Waals surface area contributed by atoms with Crippen molar-refractivity contribution < 1.29 is 0 Å². The minimum Gasteiger partial charge on any atom is -0.311 e. The highest BCUT2D eigenvalue weighted by molar-refractivity contribution is 7.71. The number of anilines is 3. The van der Waals surface area contributed by atoms with Crippen molar-refractivity contribution in [1.82, 2.24) is 19.9 Å². The van der Waals surface area contributed by atoms with Gasteiger partial charge in [0.2, 0.25) is 10.6 Å². The average Bonchev–Trinajstić information content (AvgIpc) is 3.26. The van der Waals surface area contributed by atoms with E-state index < -0.39 is 0 Å². The molecule has 6 nitrogen and oxygen atoms in total. The van der Waals surface area contributed by atoms with E-state index in [1.165, 1.54) is 0 Å². The molecule has 0 spiro atoms. The van der Waals surface area contributed by atoms with Gasteiger partial charge in [-0.2, -0.15) is 14.9 Å². The predicted octanol–water partition coefficient (Wildman–Crippen LogP) is 6.35. The lowest BCUT2D eigenvalue weighted by Gasteiger charge is -2.25. The van der Waals surface area contributed by atoms with Crippen LogP contribution >= 0.6 is 12.2 Å². The van der Waals surface area contributed by atoms with Gasteiger partial charge in [0.05, 0.1) is 6.21 Å². The number of nitrogens with one attached hydrogen (secondary N) is 1. The first-order valence-corrected chi connectivity index (χ1v) is 10.8. The van der Waals surface area contributed by atoms with Crippen LogP contribution in [0.3, 0.4) is 0 Å². The first-order chi connectivity index (χ1) is 16.3. The molecule has 0 aliphatic heterocycles. The molecule has 3 aromatic carbocycles. The molecule has 0 amide bonds. The van der Waals surface area contributed by atoms with Gasteiger partial charge in [0, 0.05) is 23.3 Å². The van der Waals surface area contributed by atoms with Crippen LogP contribution < -0.4 is 4.90 Å². The van der Waals surface area contributed by atoms with Crippen molar-refractivity contribution >= 4 is 35.5 Å². The van der Waals surface area contributed by atoms with Crippen LogP contribution in [0.15, 0.2) is 114 Å². The van der Waals surface area contributed by atoms with E-state index in [2.05, 4.69) is 61.6 Å². The van der Waals surface area contributed by atoms with Gasteiger partial charge in [-0.15, -0.1) is 0 Å². The van der Waals surface area contributed by atoms with Crippen LogP contribution in [-0.2, 0) is 0 Å². The summed E-state index contributed by atoms with van der Waals surface area (Å²) in [4.78, 5) is 6.55. The lowest BCUT2D eigenvalue weighted by Crippen LogP contribution is -2.09. The molecule has 0 saturated heterocycles. The van der Waals surface area contributed by atoms with E-state index in [9.17, 15) is 0 Å². The third-order valence-electron chi connectivity index (χ3n) is 5.05. The number of hydrogen-bond donors (Lipinski definition) is 1. The highest BCUT2D eigenvalue weighted by Gasteiger charge is 2.12. The van der Waals surface area contributed by atoms with Gasteiger partial charge in [-0.05, 0) is 66.3 Å². The molecule has 0 saturated carbocycles. The third kappa shape index (κ3) is 4.49. The summed E-state index contributed by atoms with van der Waals surface area (Å²) < 4.78 is 1.98. The second-order valence-corrected chi connectivity index (χ2v) is 7.61. The average molecular weight is 449 g/mol. The van der Waals surface area contributed by atoms with Crippen LogP contribution in [0.4, 0.5) is 17.1 Å². The van der Waals surface area contributed by atoms with Gasteiger partial charge in [0.25, 0.3) is 0 Å². The fourth-order valence-electron chi connectivity index (χ4n) is 3.49. The second-order valence-electron chi connectivity index (χ2n) is 7.22. The fraction of sp³-hybridized carbons (Fsp3) is 0. The molecule has 0 aliphatic rings. The Bertz CT molecular complexity index is 1370. The number of nitrogens with zero attached hydrogens (tertiary/aromatic N) is 5. The number of hydrogen-bond acceptors (Lipinski definition) is 5. The van der Waals surface area contributed by atoms with Crippen LogP contribution in [0.2, 0.25) is 0 Å². The Hall–Kier alpha value is -4.36. The standard InChI is InChI=1S/C26H20N6S/c33-26-30-29-25(24-13-7-8-18-27-24)32(26)28-19-20-14-16-23(17-15-20)31(21-9-3-1-4-10-21)22-11-5-2-6-12-22/h1-19H,(H,30,33)/b28-19+. The van der Waals surface area contributed by atoms with Crippen molar-refractivity contribution in [2.45, 2.75) is 0 Å². The van der Waals surface area contributed by atoms with Crippen molar-refractivity contribution in [3.63, 3.8) is 0 Å². The van der Waals surface area contributed by atoms with E-state index in [0.29, 0.717) is 16.3 Å². The van der Waals surface area contributed by atoms with Gasteiger partial charge in [-0.1, -0.05) is 54.6 Å². The van der Waals surface area contributed by atoms with Crippen molar-refractivity contribution in [2.75, 3.05) is 4.90 Å². The molecule has 5 aromatic rings. The number of benzene rings is 3. The van der Waals surface area contributed by atoms with Crippen LogP contribution in [0.1, 0.15) is 5.56 Å². The fourth-order valence-corrected chi connectivity index (χ4v) is 3.67. The molecule has 0 radical (unpaired) electrons. The summed E-state index contributed by atoms with van der Waals surface area (Å²) in [7, 11) is 0. The first-order valence-electron chi connectivity index (χ1n) is 10.4. The topological polar surface area (TPSA) is 62.1 Å². The molecule has 0 bridgehead atoms.